The molecule has 0 bridgehead atoms. The van der Waals surface area contributed by atoms with Crippen LogP contribution in [0, 0.1) is 5.92 Å². The van der Waals surface area contributed by atoms with Gasteiger partial charge in [0.1, 0.15) is 4.90 Å². The Morgan fingerprint density at radius 1 is 1.42 bits per heavy atom. The summed E-state index contributed by atoms with van der Waals surface area (Å²) in [6.45, 7) is 1.99. The molecule has 0 saturated heterocycles. The molecule has 0 aromatic heterocycles. The Bertz CT molecular complexity index is 646. The average Bonchev–Trinajstić information content (AvgIpc) is 2.91. The van der Waals surface area contributed by atoms with Crippen LogP contribution in [-0.4, -0.2) is 20.4 Å². The topological polar surface area (TPSA) is 89.3 Å². The molecule has 3 N–H and O–H groups in total. The van der Waals surface area contributed by atoms with E-state index >= 15 is 0 Å². The van der Waals surface area contributed by atoms with Gasteiger partial charge in [-0.05, 0) is 24.5 Å². The summed E-state index contributed by atoms with van der Waals surface area (Å²) in [4.78, 5) is 11.7. The molecule has 5 nitrogen and oxygen atoms in total. The van der Waals surface area contributed by atoms with Gasteiger partial charge in [-0.15, -0.1) is 0 Å². The van der Waals surface area contributed by atoms with Gasteiger partial charge in [0.05, 0.1) is 15.6 Å². The Morgan fingerprint density at radius 3 is 2.47 bits per heavy atom. The number of carbonyl (C=O) groups excluding carboxylic acids is 1. The smallest absolute Gasteiger partial charge is 0.254 e. The second kappa shape index (κ2) is 4.94. The largest absolute Gasteiger partial charge is 0.349 e. The molecule has 0 radical (unpaired) electrons. The van der Waals surface area contributed by atoms with E-state index in [4.69, 9.17) is 28.3 Å². The molecule has 1 aromatic carbocycles. The van der Waals surface area contributed by atoms with Gasteiger partial charge in [-0.1, -0.05) is 30.1 Å². The third-order valence-electron chi connectivity index (χ3n) is 3.02. The van der Waals surface area contributed by atoms with Crippen molar-refractivity contribution >= 4 is 39.1 Å². The standard InChI is InChI=1S/C11H12Cl2N2O3S/c1-5-4-7(5)15-11(16)9-6(12)2-3-8(10(9)13)19(14,17)18/h2-3,5,7H,4H2,1H3,(H,15,16)(H2,14,17,18). The Labute approximate surface area is 121 Å². The number of halogens is 2. The summed E-state index contributed by atoms with van der Waals surface area (Å²) in [5, 5.41) is 7.60. The Kier molecular flexibility index (Phi) is 3.79. The lowest BCUT2D eigenvalue weighted by Gasteiger charge is -2.10. The highest BCUT2D eigenvalue weighted by atomic mass is 35.5. The van der Waals surface area contributed by atoms with Crippen molar-refractivity contribution in [3.05, 3.63) is 27.7 Å². The number of rotatable bonds is 3. The fourth-order valence-electron chi connectivity index (χ4n) is 1.72. The van der Waals surface area contributed by atoms with Crippen LogP contribution < -0.4 is 10.5 Å². The maximum absolute atomic E-state index is 12.0. The minimum atomic E-state index is -4.00. The van der Waals surface area contributed by atoms with E-state index in [1.807, 2.05) is 6.92 Å². The van der Waals surface area contributed by atoms with Gasteiger partial charge in [0.2, 0.25) is 10.0 Å². The van der Waals surface area contributed by atoms with E-state index in [-0.39, 0.29) is 26.5 Å². The zero-order valence-corrected chi connectivity index (χ0v) is 12.3. The molecule has 1 amide bonds. The molecule has 1 aliphatic carbocycles. The molecule has 1 aliphatic rings. The predicted octanol–water partition coefficient (Wildman–Crippen LogP) is 1.78. The van der Waals surface area contributed by atoms with Gasteiger partial charge in [-0.25, -0.2) is 13.6 Å². The maximum atomic E-state index is 12.0. The minimum absolute atomic E-state index is 0.0611. The van der Waals surface area contributed by atoms with Crippen LogP contribution in [0.2, 0.25) is 10.0 Å². The first-order valence-corrected chi connectivity index (χ1v) is 7.83. The number of nitrogens with two attached hydrogens (primary N) is 1. The van der Waals surface area contributed by atoms with Crippen molar-refractivity contribution in [1.82, 2.24) is 5.32 Å². The lowest BCUT2D eigenvalue weighted by Crippen LogP contribution is -2.27. The molecule has 2 rings (SSSR count). The molecule has 0 heterocycles. The summed E-state index contributed by atoms with van der Waals surface area (Å²) >= 11 is 11.8. The Hall–Kier alpha value is -0.820. The summed E-state index contributed by atoms with van der Waals surface area (Å²) < 4.78 is 22.7. The van der Waals surface area contributed by atoms with Crippen molar-refractivity contribution in [3.63, 3.8) is 0 Å². The third kappa shape index (κ3) is 3.02. The van der Waals surface area contributed by atoms with E-state index in [0.717, 1.165) is 6.42 Å². The number of benzene rings is 1. The quantitative estimate of drug-likeness (QED) is 0.888. The van der Waals surface area contributed by atoms with Gasteiger partial charge in [-0.3, -0.25) is 4.79 Å². The highest BCUT2D eigenvalue weighted by Gasteiger charge is 2.35. The molecule has 1 fully saturated rings. The average molecular weight is 323 g/mol. The van der Waals surface area contributed by atoms with E-state index in [2.05, 4.69) is 5.32 Å². The van der Waals surface area contributed by atoms with Crippen LogP contribution in [0.25, 0.3) is 0 Å². The first-order valence-electron chi connectivity index (χ1n) is 5.53. The predicted molar refractivity (Wildman–Crippen MR) is 72.9 cm³/mol. The van der Waals surface area contributed by atoms with Crippen LogP contribution >= 0.6 is 23.2 Å². The van der Waals surface area contributed by atoms with Crippen molar-refractivity contribution in [2.24, 2.45) is 11.1 Å². The summed E-state index contributed by atoms with van der Waals surface area (Å²) in [7, 11) is -4.00. The number of carbonyl (C=O) groups is 1. The van der Waals surface area contributed by atoms with Gasteiger partial charge in [0, 0.05) is 6.04 Å². The van der Waals surface area contributed by atoms with E-state index in [9.17, 15) is 13.2 Å². The van der Waals surface area contributed by atoms with Crippen molar-refractivity contribution < 1.29 is 13.2 Å². The van der Waals surface area contributed by atoms with Crippen LogP contribution in [0.3, 0.4) is 0 Å². The molecule has 104 valence electrons. The Balaban J connectivity index is 2.41. The van der Waals surface area contributed by atoms with Crippen LogP contribution in [-0.2, 0) is 10.0 Å². The van der Waals surface area contributed by atoms with Crippen molar-refractivity contribution in [3.8, 4) is 0 Å². The number of hydrogen-bond donors (Lipinski definition) is 2. The van der Waals surface area contributed by atoms with Crippen molar-refractivity contribution in [2.45, 2.75) is 24.3 Å². The van der Waals surface area contributed by atoms with Gasteiger partial charge < -0.3 is 5.32 Å². The first kappa shape index (κ1) is 14.6. The fourth-order valence-corrected chi connectivity index (χ4v) is 3.20. The molecule has 0 aliphatic heterocycles. The molecule has 2 unspecified atom stereocenters. The molecule has 1 aromatic rings. The zero-order valence-electron chi connectivity index (χ0n) is 9.98. The van der Waals surface area contributed by atoms with Crippen molar-refractivity contribution in [1.29, 1.82) is 0 Å². The second-order valence-electron chi connectivity index (χ2n) is 4.57. The maximum Gasteiger partial charge on any atom is 0.254 e. The molecular weight excluding hydrogens is 311 g/mol. The van der Waals surface area contributed by atoms with Crippen LogP contribution in [0.4, 0.5) is 0 Å². The second-order valence-corrected chi connectivity index (χ2v) is 6.89. The molecule has 1 saturated carbocycles. The third-order valence-corrected chi connectivity index (χ3v) is 4.79. The lowest BCUT2D eigenvalue weighted by atomic mass is 10.2. The van der Waals surface area contributed by atoms with Gasteiger partial charge in [0.25, 0.3) is 5.91 Å². The SMILES string of the molecule is CC1CC1NC(=O)c1c(Cl)ccc(S(N)(=O)=O)c1Cl. The first-order chi connectivity index (χ1) is 8.71. The van der Waals surface area contributed by atoms with Gasteiger partial charge in [-0.2, -0.15) is 0 Å². The van der Waals surface area contributed by atoms with E-state index in [0.29, 0.717) is 5.92 Å². The van der Waals surface area contributed by atoms with Gasteiger partial charge >= 0.3 is 0 Å². The molecule has 0 spiro atoms. The summed E-state index contributed by atoms with van der Waals surface area (Å²) in [5.74, 6) is -0.0854. The van der Waals surface area contributed by atoms with E-state index in [1.165, 1.54) is 12.1 Å². The normalized spacial score (nSPS) is 22.1. The lowest BCUT2D eigenvalue weighted by molar-refractivity contribution is 0.0949. The summed E-state index contributed by atoms with van der Waals surface area (Å²) in [5.41, 5.74) is -0.0611. The minimum Gasteiger partial charge on any atom is -0.349 e. The van der Waals surface area contributed by atoms with Gasteiger partial charge in [0.15, 0.2) is 0 Å². The summed E-state index contributed by atoms with van der Waals surface area (Å²) in [6, 6.07) is 2.55. The molecule has 2 atom stereocenters. The van der Waals surface area contributed by atoms with Crippen LogP contribution in [0.1, 0.15) is 23.7 Å². The molecule has 19 heavy (non-hydrogen) atoms. The van der Waals surface area contributed by atoms with E-state index < -0.39 is 15.9 Å². The number of sulfonamides is 1. The summed E-state index contributed by atoms with van der Waals surface area (Å²) in [6.07, 6.45) is 0.885. The highest BCUT2D eigenvalue weighted by Crippen LogP contribution is 2.33. The molecular formula is C11H12Cl2N2O3S. The number of nitrogens with one attached hydrogen (secondary N) is 1. The van der Waals surface area contributed by atoms with Crippen molar-refractivity contribution in [2.75, 3.05) is 0 Å². The number of hydrogen-bond acceptors (Lipinski definition) is 3. The Morgan fingerprint density at radius 2 is 2.00 bits per heavy atom. The zero-order chi connectivity index (χ0) is 14.4. The van der Waals surface area contributed by atoms with Crippen LogP contribution in [0.15, 0.2) is 17.0 Å². The molecule has 8 heteroatoms. The van der Waals surface area contributed by atoms with Crippen LogP contribution in [0.5, 0.6) is 0 Å². The fraction of sp³-hybridized carbons (Fsp3) is 0.364. The van der Waals surface area contributed by atoms with E-state index in [1.54, 1.807) is 0 Å². The monoisotopic (exact) mass is 322 g/mol. The number of primary sulfonamides is 1. The number of amides is 1. The highest BCUT2D eigenvalue weighted by molar-refractivity contribution is 7.89.